The summed E-state index contributed by atoms with van der Waals surface area (Å²) in [7, 11) is 0. The highest BCUT2D eigenvalue weighted by atomic mass is 35.5. The summed E-state index contributed by atoms with van der Waals surface area (Å²) in [6.45, 7) is 3.17. The average Bonchev–Trinajstić information content (AvgIpc) is 3.30. The van der Waals surface area contributed by atoms with Crippen molar-refractivity contribution in [2.24, 2.45) is 0 Å². The molecule has 2 bridgehead atoms. The van der Waals surface area contributed by atoms with Gasteiger partial charge in [0.25, 0.3) is 0 Å². The fourth-order valence-corrected chi connectivity index (χ4v) is 3.73. The maximum atomic E-state index is 13.4. The largest absolute Gasteiger partial charge is 0.418 e. The highest BCUT2D eigenvalue weighted by Crippen LogP contribution is 2.37. The van der Waals surface area contributed by atoms with Gasteiger partial charge in [-0.15, -0.1) is 17.5 Å². The second-order valence-electron chi connectivity index (χ2n) is 6.52. The van der Waals surface area contributed by atoms with Gasteiger partial charge in [0.15, 0.2) is 5.82 Å². The molecule has 2 aliphatic heterocycles. The number of alkyl halides is 3. The van der Waals surface area contributed by atoms with E-state index in [1.165, 1.54) is 17.7 Å². The van der Waals surface area contributed by atoms with Crippen LogP contribution >= 0.6 is 12.4 Å². The predicted molar refractivity (Wildman–Crippen MR) is 89.4 cm³/mol. The van der Waals surface area contributed by atoms with Gasteiger partial charge in [0.2, 0.25) is 0 Å². The van der Waals surface area contributed by atoms with Crippen molar-refractivity contribution in [3.8, 4) is 11.8 Å². The number of halogens is 4. The van der Waals surface area contributed by atoms with E-state index < -0.39 is 17.3 Å². The van der Waals surface area contributed by atoms with Crippen LogP contribution in [0.1, 0.15) is 28.9 Å². The van der Waals surface area contributed by atoms with Gasteiger partial charge in [0.1, 0.15) is 0 Å². The SMILES string of the molecule is Cc1c(-n2nnnc2CN2CC3C[C@H]2CO3)ccc(C#N)c1C(F)(F)F.Cl. The molecule has 7 nitrogen and oxygen atoms in total. The van der Waals surface area contributed by atoms with Crippen molar-refractivity contribution in [2.45, 2.75) is 38.2 Å². The Balaban J connectivity index is 0.00000210. The Morgan fingerprint density at radius 2 is 2.15 bits per heavy atom. The fourth-order valence-electron chi connectivity index (χ4n) is 3.73. The van der Waals surface area contributed by atoms with Crippen molar-refractivity contribution in [1.29, 1.82) is 5.26 Å². The van der Waals surface area contributed by atoms with Crippen molar-refractivity contribution in [3.63, 3.8) is 0 Å². The molecule has 27 heavy (non-hydrogen) atoms. The molecule has 1 aromatic carbocycles. The van der Waals surface area contributed by atoms with Crippen LogP contribution in [0.25, 0.3) is 5.69 Å². The van der Waals surface area contributed by atoms with Gasteiger partial charge in [-0.25, -0.2) is 0 Å². The van der Waals surface area contributed by atoms with Crippen molar-refractivity contribution in [2.75, 3.05) is 13.2 Å². The van der Waals surface area contributed by atoms with Crippen LogP contribution in [0.2, 0.25) is 0 Å². The smallest absolute Gasteiger partial charge is 0.375 e. The zero-order valence-corrected chi connectivity index (χ0v) is 15.1. The molecule has 0 spiro atoms. The summed E-state index contributed by atoms with van der Waals surface area (Å²) in [5, 5.41) is 20.5. The zero-order valence-electron chi connectivity index (χ0n) is 14.3. The van der Waals surface area contributed by atoms with Crippen LogP contribution in [-0.4, -0.2) is 50.4 Å². The molecule has 2 aromatic rings. The number of morpholine rings is 1. The molecule has 144 valence electrons. The third kappa shape index (κ3) is 3.38. The number of nitriles is 1. The summed E-state index contributed by atoms with van der Waals surface area (Å²) in [6.07, 6.45) is -3.47. The Bertz CT molecular complexity index is 893. The number of likely N-dealkylation sites (tertiary alicyclic amines) is 1. The maximum absolute atomic E-state index is 13.4. The summed E-state index contributed by atoms with van der Waals surface area (Å²) in [5.41, 5.74) is -1.22. The second kappa shape index (κ2) is 7.07. The van der Waals surface area contributed by atoms with E-state index in [1.54, 1.807) is 6.07 Å². The molecule has 0 amide bonds. The van der Waals surface area contributed by atoms with E-state index in [0.717, 1.165) is 19.0 Å². The molecule has 2 atom stereocenters. The van der Waals surface area contributed by atoms with Gasteiger partial charge in [-0.1, -0.05) is 0 Å². The van der Waals surface area contributed by atoms with E-state index in [2.05, 4.69) is 20.4 Å². The van der Waals surface area contributed by atoms with E-state index in [4.69, 9.17) is 10.00 Å². The van der Waals surface area contributed by atoms with Crippen molar-refractivity contribution in [1.82, 2.24) is 25.1 Å². The summed E-state index contributed by atoms with van der Waals surface area (Å²) in [6, 6.07) is 4.50. The van der Waals surface area contributed by atoms with E-state index >= 15 is 0 Å². The van der Waals surface area contributed by atoms with Gasteiger partial charge in [0, 0.05) is 12.6 Å². The first-order valence-corrected chi connectivity index (χ1v) is 8.12. The van der Waals surface area contributed by atoms with Gasteiger partial charge >= 0.3 is 6.18 Å². The molecule has 0 N–H and O–H groups in total. The van der Waals surface area contributed by atoms with Crippen LogP contribution < -0.4 is 0 Å². The number of fused-ring (bicyclic) bond motifs is 2. The predicted octanol–water partition coefficient (Wildman–Crippen LogP) is 2.26. The van der Waals surface area contributed by atoms with Crippen LogP contribution in [0.3, 0.4) is 0 Å². The zero-order chi connectivity index (χ0) is 18.5. The first-order chi connectivity index (χ1) is 12.4. The third-order valence-electron chi connectivity index (χ3n) is 4.96. The van der Waals surface area contributed by atoms with Crippen molar-refractivity contribution in [3.05, 3.63) is 34.6 Å². The lowest BCUT2D eigenvalue weighted by molar-refractivity contribution is -0.138. The Labute approximate surface area is 159 Å². The molecule has 1 unspecified atom stereocenters. The third-order valence-corrected chi connectivity index (χ3v) is 4.96. The van der Waals surface area contributed by atoms with Crippen LogP contribution in [0, 0.1) is 18.3 Å². The highest BCUT2D eigenvalue weighted by molar-refractivity contribution is 5.85. The molecule has 3 heterocycles. The summed E-state index contributed by atoms with van der Waals surface area (Å²) < 4.78 is 47.1. The van der Waals surface area contributed by atoms with E-state index in [-0.39, 0.29) is 35.8 Å². The number of tetrazole rings is 1. The van der Waals surface area contributed by atoms with E-state index in [9.17, 15) is 13.2 Å². The molecule has 1 aromatic heterocycles. The Morgan fingerprint density at radius 3 is 2.74 bits per heavy atom. The molecule has 0 aliphatic carbocycles. The van der Waals surface area contributed by atoms with E-state index in [1.807, 2.05) is 0 Å². The Morgan fingerprint density at radius 1 is 1.37 bits per heavy atom. The molecule has 2 aliphatic rings. The van der Waals surface area contributed by atoms with Gasteiger partial charge in [0.05, 0.1) is 42.1 Å². The number of nitrogens with zero attached hydrogens (tertiary/aromatic N) is 6. The van der Waals surface area contributed by atoms with Gasteiger partial charge in [-0.05, 0) is 41.5 Å². The lowest BCUT2D eigenvalue weighted by atomic mass is 10.0. The molecule has 0 radical (unpaired) electrons. The number of aromatic nitrogens is 4. The number of hydrogen-bond acceptors (Lipinski definition) is 6. The van der Waals surface area contributed by atoms with Crippen LogP contribution in [0.4, 0.5) is 13.2 Å². The molecule has 2 fully saturated rings. The fraction of sp³-hybridized carbons (Fsp3) is 0.500. The van der Waals surface area contributed by atoms with Crippen molar-refractivity contribution < 1.29 is 17.9 Å². The molecular weight excluding hydrogens is 385 g/mol. The molecular formula is C16H16ClF3N6O. The van der Waals surface area contributed by atoms with E-state index in [0.29, 0.717) is 19.0 Å². The minimum Gasteiger partial charge on any atom is -0.375 e. The molecule has 0 saturated carbocycles. The second-order valence-corrected chi connectivity index (χ2v) is 6.52. The molecule has 4 rings (SSSR count). The normalized spacial score (nSPS) is 21.9. The van der Waals surface area contributed by atoms with Crippen molar-refractivity contribution >= 4 is 12.4 Å². The number of rotatable bonds is 3. The average molecular weight is 401 g/mol. The first-order valence-electron chi connectivity index (χ1n) is 8.12. The number of ether oxygens (including phenoxy) is 1. The standard InChI is InChI=1S/C16H15F3N6O.ClH/c1-9-13(3-2-10(5-20)15(9)16(17,18)19)25-14(21-22-23-25)7-24-6-12-4-11(24)8-26-12;/h2-3,11-12H,4,6-8H2,1H3;1H/t11-,12?;/m0./s1. The van der Waals surface area contributed by atoms with Gasteiger partial charge in [-0.3, -0.25) is 4.90 Å². The van der Waals surface area contributed by atoms with Gasteiger partial charge in [-0.2, -0.15) is 23.1 Å². The quantitative estimate of drug-likeness (QED) is 0.786. The highest BCUT2D eigenvalue weighted by Gasteiger charge is 2.40. The summed E-state index contributed by atoms with van der Waals surface area (Å²) in [5.74, 6) is 0.457. The summed E-state index contributed by atoms with van der Waals surface area (Å²) in [4.78, 5) is 2.18. The minimum absolute atomic E-state index is 0. The lowest BCUT2D eigenvalue weighted by Crippen LogP contribution is -2.37. The summed E-state index contributed by atoms with van der Waals surface area (Å²) >= 11 is 0. The monoisotopic (exact) mass is 400 g/mol. The Kier molecular flexibility index (Phi) is 5.12. The number of hydrogen-bond donors (Lipinski definition) is 0. The molecule has 11 heteroatoms. The van der Waals surface area contributed by atoms with Crippen LogP contribution in [-0.2, 0) is 17.5 Å². The first kappa shape index (κ1) is 19.5. The topological polar surface area (TPSA) is 79.9 Å². The van der Waals surface area contributed by atoms with Crippen LogP contribution in [0.5, 0.6) is 0 Å². The number of benzene rings is 1. The van der Waals surface area contributed by atoms with Crippen LogP contribution in [0.15, 0.2) is 12.1 Å². The molecule has 2 saturated heterocycles. The lowest BCUT2D eigenvalue weighted by Gasteiger charge is -2.26. The van der Waals surface area contributed by atoms with Gasteiger partial charge < -0.3 is 4.74 Å². The maximum Gasteiger partial charge on any atom is 0.418 e. The Hall–Kier alpha value is -2.22. The minimum atomic E-state index is -4.63.